The Balaban J connectivity index is 1.91. The van der Waals surface area contributed by atoms with E-state index in [9.17, 15) is 0 Å². The molecular weight excluding hydrogens is 250 g/mol. The number of hydrogen-bond acceptors (Lipinski definition) is 3. The van der Waals surface area contributed by atoms with Crippen molar-refractivity contribution in [3.63, 3.8) is 0 Å². The Bertz CT molecular complexity index is 468. The van der Waals surface area contributed by atoms with Crippen molar-refractivity contribution in [3.8, 4) is 0 Å². The van der Waals surface area contributed by atoms with Crippen LogP contribution in [0.5, 0.6) is 0 Å². The standard InChI is InChI=1S/C12H13N3S2/c1-10(11-5-3-2-4-6-11)14-12(16)17-15-8-7-13-9-15/h2-10H,1H3,(H,14,16). The molecule has 0 aliphatic carbocycles. The van der Waals surface area contributed by atoms with Gasteiger partial charge in [-0.1, -0.05) is 42.5 Å². The third-order valence-corrected chi connectivity index (χ3v) is 3.35. The molecule has 1 atom stereocenters. The molecule has 1 aromatic heterocycles. The van der Waals surface area contributed by atoms with Gasteiger partial charge in [-0.25, -0.2) is 4.98 Å². The van der Waals surface area contributed by atoms with E-state index in [-0.39, 0.29) is 6.04 Å². The predicted molar refractivity (Wildman–Crippen MR) is 75.8 cm³/mol. The zero-order chi connectivity index (χ0) is 12.1. The molecule has 1 aromatic carbocycles. The fourth-order valence-electron chi connectivity index (χ4n) is 1.42. The molecule has 5 heteroatoms. The average Bonchev–Trinajstić information content (AvgIpc) is 2.82. The second-order valence-electron chi connectivity index (χ2n) is 3.58. The highest BCUT2D eigenvalue weighted by Gasteiger charge is 2.07. The summed E-state index contributed by atoms with van der Waals surface area (Å²) in [4.78, 5) is 3.97. The molecule has 0 radical (unpaired) electrons. The molecule has 0 aliphatic heterocycles. The van der Waals surface area contributed by atoms with Gasteiger partial charge in [-0.2, -0.15) is 0 Å². The summed E-state index contributed by atoms with van der Waals surface area (Å²) in [6.45, 7) is 2.09. The van der Waals surface area contributed by atoms with Crippen LogP contribution in [-0.4, -0.2) is 13.3 Å². The number of nitrogens with zero attached hydrogens (tertiary/aromatic N) is 2. The molecule has 1 unspecified atom stereocenters. The summed E-state index contributed by atoms with van der Waals surface area (Å²) in [5, 5.41) is 3.28. The fraction of sp³-hybridized carbons (Fsp3) is 0.167. The Kier molecular flexibility index (Phi) is 4.17. The number of imidazole rings is 1. The van der Waals surface area contributed by atoms with E-state index in [2.05, 4.69) is 29.4 Å². The molecule has 2 rings (SSSR count). The molecule has 2 aromatic rings. The van der Waals surface area contributed by atoms with Crippen molar-refractivity contribution in [2.45, 2.75) is 13.0 Å². The third kappa shape index (κ3) is 3.57. The lowest BCUT2D eigenvalue weighted by Crippen LogP contribution is -2.23. The summed E-state index contributed by atoms with van der Waals surface area (Å²) in [5.41, 5.74) is 1.22. The SMILES string of the molecule is CC(NC(=S)Sn1ccnc1)c1ccccc1. The first-order valence-corrected chi connectivity index (χ1v) is 6.45. The highest BCUT2D eigenvalue weighted by molar-refractivity contribution is 8.21. The van der Waals surface area contributed by atoms with E-state index < -0.39 is 0 Å². The number of nitrogens with one attached hydrogen (secondary N) is 1. The summed E-state index contributed by atoms with van der Waals surface area (Å²) in [6, 6.07) is 10.4. The molecule has 3 nitrogen and oxygen atoms in total. The van der Waals surface area contributed by atoms with Crippen molar-refractivity contribution in [3.05, 3.63) is 54.6 Å². The molecule has 0 spiro atoms. The van der Waals surface area contributed by atoms with E-state index in [1.807, 2.05) is 28.4 Å². The van der Waals surface area contributed by atoms with Crippen molar-refractivity contribution in [1.29, 1.82) is 0 Å². The van der Waals surface area contributed by atoms with Gasteiger partial charge in [-0.05, 0) is 12.5 Å². The molecule has 0 aliphatic rings. The van der Waals surface area contributed by atoms with Gasteiger partial charge in [0.05, 0.1) is 0 Å². The average molecular weight is 263 g/mol. The Labute approximate surface area is 110 Å². The smallest absolute Gasteiger partial charge is 0.155 e. The molecule has 1 heterocycles. The van der Waals surface area contributed by atoms with Crippen molar-refractivity contribution >= 4 is 28.5 Å². The van der Waals surface area contributed by atoms with Gasteiger partial charge >= 0.3 is 0 Å². The van der Waals surface area contributed by atoms with Gasteiger partial charge in [-0.3, -0.25) is 3.97 Å². The van der Waals surface area contributed by atoms with Gasteiger partial charge in [0, 0.05) is 30.4 Å². The predicted octanol–water partition coefficient (Wildman–Crippen LogP) is 3.02. The molecule has 0 bridgehead atoms. The second kappa shape index (κ2) is 5.84. The Morgan fingerprint density at radius 1 is 1.41 bits per heavy atom. The summed E-state index contributed by atoms with van der Waals surface area (Å²) in [6.07, 6.45) is 5.33. The summed E-state index contributed by atoms with van der Waals surface area (Å²) >= 11 is 6.73. The van der Waals surface area contributed by atoms with Crippen molar-refractivity contribution in [1.82, 2.24) is 14.3 Å². The number of benzene rings is 1. The minimum atomic E-state index is 0.208. The first-order valence-electron chi connectivity index (χ1n) is 5.27. The summed E-state index contributed by atoms with van der Waals surface area (Å²) < 4.78 is 2.60. The summed E-state index contributed by atoms with van der Waals surface area (Å²) in [5.74, 6) is 0. The minimum Gasteiger partial charge on any atom is -0.363 e. The van der Waals surface area contributed by atoms with E-state index in [0.29, 0.717) is 0 Å². The lowest BCUT2D eigenvalue weighted by Gasteiger charge is -2.15. The third-order valence-electron chi connectivity index (χ3n) is 2.30. The maximum atomic E-state index is 5.28. The molecule has 0 amide bonds. The quantitative estimate of drug-likeness (QED) is 0.862. The van der Waals surface area contributed by atoms with Gasteiger partial charge in [0.1, 0.15) is 6.33 Å². The van der Waals surface area contributed by atoms with E-state index in [1.165, 1.54) is 17.5 Å². The number of aromatic nitrogens is 2. The van der Waals surface area contributed by atoms with Crippen LogP contribution in [0.25, 0.3) is 0 Å². The monoisotopic (exact) mass is 263 g/mol. The Hall–Kier alpha value is -1.33. The van der Waals surface area contributed by atoms with Crippen LogP contribution >= 0.6 is 24.2 Å². The van der Waals surface area contributed by atoms with Crippen LogP contribution in [0.15, 0.2) is 49.1 Å². The van der Waals surface area contributed by atoms with E-state index >= 15 is 0 Å². The number of hydrogen-bond donors (Lipinski definition) is 1. The first-order chi connectivity index (χ1) is 8.25. The highest BCUT2D eigenvalue weighted by Crippen LogP contribution is 2.14. The van der Waals surface area contributed by atoms with Gasteiger partial charge in [0.2, 0.25) is 0 Å². The minimum absolute atomic E-state index is 0.208. The van der Waals surface area contributed by atoms with Crippen LogP contribution in [-0.2, 0) is 0 Å². The largest absolute Gasteiger partial charge is 0.363 e. The molecule has 1 N–H and O–H groups in total. The highest BCUT2D eigenvalue weighted by atomic mass is 32.2. The van der Waals surface area contributed by atoms with E-state index in [1.54, 1.807) is 12.5 Å². The number of rotatable bonds is 3. The Morgan fingerprint density at radius 2 is 2.18 bits per heavy atom. The van der Waals surface area contributed by atoms with Crippen LogP contribution < -0.4 is 5.32 Å². The zero-order valence-corrected chi connectivity index (χ0v) is 11.0. The molecular formula is C12H13N3S2. The lowest BCUT2D eigenvalue weighted by atomic mass is 10.1. The molecule has 0 fully saturated rings. The molecule has 17 heavy (non-hydrogen) atoms. The second-order valence-corrected chi connectivity index (χ2v) is 5.26. The van der Waals surface area contributed by atoms with E-state index in [0.717, 1.165) is 4.32 Å². The summed E-state index contributed by atoms with van der Waals surface area (Å²) in [7, 11) is 0. The number of thiocarbonyl (C=S) groups is 1. The molecule has 88 valence electrons. The maximum Gasteiger partial charge on any atom is 0.155 e. The van der Waals surface area contributed by atoms with Gasteiger partial charge in [0.25, 0.3) is 0 Å². The molecule has 0 saturated carbocycles. The van der Waals surface area contributed by atoms with Crippen LogP contribution in [0.3, 0.4) is 0 Å². The Morgan fingerprint density at radius 3 is 2.82 bits per heavy atom. The van der Waals surface area contributed by atoms with Crippen LogP contribution in [0.1, 0.15) is 18.5 Å². The fourth-order valence-corrected chi connectivity index (χ4v) is 2.50. The van der Waals surface area contributed by atoms with Crippen LogP contribution in [0.2, 0.25) is 0 Å². The van der Waals surface area contributed by atoms with Gasteiger partial charge < -0.3 is 5.32 Å². The van der Waals surface area contributed by atoms with E-state index in [4.69, 9.17) is 12.2 Å². The van der Waals surface area contributed by atoms with Crippen molar-refractivity contribution in [2.75, 3.05) is 0 Å². The van der Waals surface area contributed by atoms with Gasteiger partial charge in [0.15, 0.2) is 4.32 Å². The lowest BCUT2D eigenvalue weighted by molar-refractivity contribution is 0.730. The van der Waals surface area contributed by atoms with Crippen LogP contribution in [0.4, 0.5) is 0 Å². The maximum absolute atomic E-state index is 5.28. The van der Waals surface area contributed by atoms with Crippen molar-refractivity contribution < 1.29 is 0 Å². The normalized spacial score (nSPS) is 12.1. The topological polar surface area (TPSA) is 29.9 Å². The van der Waals surface area contributed by atoms with Crippen LogP contribution in [0, 0.1) is 0 Å². The zero-order valence-electron chi connectivity index (χ0n) is 9.41. The molecule has 0 saturated heterocycles. The van der Waals surface area contributed by atoms with Gasteiger partial charge in [-0.15, -0.1) is 0 Å². The first kappa shape index (κ1) is 12.1. The van der Waals surface area contributed by atoms with Crippen molar-refractivity contribution in [2.24, 2.45) is 0 Å².